The average Bonchev–Trinajstić information content (AvgIpc) is 2.97. The van der Waals surface area contributed by atoms with Gasteiger partial charge in [-0.15, -0.1) is 0 Å². The zero-order chi connectivity index (χ0) is 17.1. The Morgan fingerprint density at radius 2 is 1.96 bits per heavy atom. The van der Waals surface area contributed by atoms with Crippen molar-refractivity contribution in [3.63, 3.8) is 0 Å². The Labute approximate surface area is 142 Å². The number of carbonyl (C=O) groups excluding carboxylic acids is 1. The first-order valence-electron chi connectivity index (χ1n) is 8.18. The third-order valence-electron chi connectivity index (χ3n) is 3.81. The van der Waals surface area contributed by atoms with Crippen molar-refractivity contribution < 1.29 is 4.79 Å². The van der Waals surface area contributed by atoms with E-state index >= 15 is 0 Å². The lowest BCUT2D eigenvalue weighted by atomic mass is 10.1. The van der Waals surface area contributed by atoms with Crippen molar-refractivity contribution >= 4 is 17.2 Å². The van der Waals surface area contributed by atoms with E-state index in [1.807, 2.05) is 32.4 Å². The Morgan fingerprint density at radius 3 is 2.57 bits per heavy atom. The van der Waals surface area contributed by atoms with E-state index in [-0.39, 0.29) is 11.9 Å². The van der Waals surface area contributed by atoms with E-state index in [1.165, 1.54) is 23.3 Å². The molecule has 2 aromatic heterocycles. The van der Waals surface area contributed by atoms with Gasteiger partial charge in [-0.05, 0) is 53.0 Å². The second kappa shape index (κ2) is 7.25. The number of carbonyl (C=O) groups is 1. The Bertz CT molecular complexity index is 700. The fraction of sp³-hybridized carbons (Fsp3) is 0.588. The number of hydrogen-bond donors (Lipinski definition) is 1. The molecule has 6 heteroatoms. The van der Waals surface area contributed by atoms with Crippen LogP contribution < -0.4 is 5.32 Å². The van der Waals surface area contributed by atoms with Gasteiger partial charge in [-0.3, -0.25) is 4.79 Å². The summed E-state index contributed by atoms with van der Waals surface area (Å²) in [4.78, 5) is 17.5. The first-order valence-corrected chi connectivity index (χ1v) is 9.00. The Kier molecular flexibility index (Phi) is 5.57. The maximum Gasteiger partial charge on any atom is 0.263 e. The van der Waals surface area contributed by atoms with Crippen LogP contribution in [0.15, 0.2) is 0 Å². The van der Waals surface area contributed by atoms with E-state index in [4.69, 9.17) is 0 Å². The predicted octanol–water partition coefficient (Wildman–Crippen LogP) is 3.73. The highest BCUT2D eigenvalue weighted by atomic mass is 32.1. The zero-order valence-electron chi connectivity index (χ0n) is 14.9. The molecular formula is C17H26N4OS. The van der Waals surface area contributed by atoms with Crippen LogP contribution in [0, 0.1) is 20.8 Å². The van der Waals surface area contributed by atoms with Gasteiger partial charge in [-0.1, -0.05) is 24.7 Å². The fourth-order valence-corrected chi connectivity index (χ4v) is 3.56. The topological polar surface area (TPSA) is 59.8 Å². The van der Waals surface area contributed by atoms with Crippen LogP contribution in [0.3, 0.4) is 0 Å². The highest BCUT2D eigenvalue weighted by Crippen LogP contribution is 2.25. The van der Waals surface area contributed by atoms with E-state index in [9.17, 15) is 4.79 Å². The molecule has 0 spiro atoms. The molecular weight excluding hydrogens is 308 g/mol. The second-order valence-corrected chi connectivity index (χ2v) is 7.18. The highest BCUT2D eigenvalue weighted by Gasteiger charge is 2.20. The van der Waals surface area contributed by atoms with E-state index in [1.54, 1.807) is 0 Å². The minimum Gasteiger partial charge on any atom is -0.349 e. The maximum absolute atomic E-state index is 12.2. The quantitative estimate of drug-likeness (QED) is 0.875. The highest BCUT2D eigenvalue weighted by molar-refractivity contribution is 7.16. The lowest BCUT2D eigenvalue weighted by Crippen LogP contribution is -2.29. The summed E-state index contributed by atoms with van der Waals surface area (Å²) in [6.07, 6.45) is 3.37. The summed E-state index contributed by atoms with van der Waals surface area (Å²) in [7, 11) is 0. The Morgan fingerprint density at radius 1 is 1.26 bits per heavy atom. The van der Waals surface area contributed by atoms with Gasteiger partial charge in [0.25, 0.3) is 5.91 Å². The van der Waals surface area contributed by atoms with Crippen molar-refractivity contribution in [3.8, 4) is 5.13 Å². The SMILES string of the molecule is CCCCc1c(C)nn(-c2nc(C)c(C(=O)NC(C)C)s2)c1C. The van der Waals surface area contributed by atoms with Crippen molar-refractivity contribution in [1.29, 1.82) is 0 Å². The summed E-state index contributed by atoms with van der Waals surface area (Å²) < 4.78 is 1.88. The van der Waals surface area contributed by atoms with Crippen LogP contribution in [0.2, 0.25) is 0 Å². The summed E-state index contributed by atoms with van der Waals surface area (Å²) in [5.74, 6) is -0.0611. The molecule has 0 radical (unpaired) electrons. The molecule has 2 heterocycles. The molecule has 0 aliphatic rings. The lowest BCUT2D eigenvalue weighted by molar-refractivity contribution is 0.0946. The molecule has 2 aromatic rings. The van der Waals surface area contributed by atoms with E-state index in [2.05, 4.69) is 29.2 Å². The van der Waals surface area contributed by atoms with Gasteiger partial charge in [0.05, 0.1) is 11.4 Å². The van der Waals surface area contributed by atoms with Crippen LogP contribution in [-0.4, -0.2) is 26.7 Å². The molecule has 23 heavy (non-hydrogen) atoms. The summed E-state index contributed by atoms with van der Waals surface area (Å²) in [6, 6.07) is 0.113. The number of aromatic nitrogens is 3. The standard InChI is InChI=1S/C17H26N4OS/c1-7-8-9-14-11(4)20-21(13(14)6)17-19-12(5)15(23-17)16(22)18-10(2)3/h10H,7-9H2,1-6H3,(H,18,22). The maximum atomic E-state index is 12.2. The van der Waals surface area contributed by atoms with Gasteiger partial charge < -0.3 is 5.32 Å². The molecule has 0 saturated carbocycles. The van der Waals surface area contributed by atoms with Crippen LogP contribution in [0.4, 0.5) is 0 Å². The van der Waals surface area contributed by atoms with Gasteiger partial charge in [0.1, 0.15) is 4.88 Å². The van der Waals surface area contributed by atoms with Gasteiger partial charge in [0, 0.05) is 11.7 Å². The molecule has 0 aromatic carbocycles. The summed E-state index contributed by atoms with van der Waals surface area (Å²) >= 11 is 1.40. The molecule has 0 saturated heterocycles. The minimum atomic E-state index is -0.0611. The number of aryl methyl sites for hydroxylation is 2. The molecule has 1 amide bonds. The largest absolute Gasteiger partial charge is 0.349 e. The third-order valence-corrected chi connectivity index (χ3v) is 4.95. The molecule has 0 aliphatic heterocycles. The first kappa shape index (κ1) is 17.7. The van der Waals surface area contributed by atoms with Crippen molar-refractivity contribution in [1.82, 2.24) is 20.1 Å². The number of hydrogen-bond acceptors (Lipinski definition) is 4. The van der Waals surface area contributed by atoms with Crippen LogP contribution in [0.25, 0.3) is 5.13 Å². The number of unbranched alkanes of at least 4 members (excludes halogenated alkanes) is 1. The van der Waals surface area contributed by atoms with Crippen molar-refractivity contribution in [2.45, 2.75) is 66.8 Å². The van der Waals surface area contributed by atoms with Crippen molar-refractivity contribution in [2.75, 3.05) is 0 Å². The van der Waals surface area contributed by atoms with Crippen LogP contribution >= 0.6 is 11.3 Å². The van der Waals surface area contributed by atoms with Gasteiger partial charge >= 0.3 is 0 Å². The summed E-state index contributed by atoms with van der Waals surface area (Å²) in [5.41, 5.74) is 4.23. The summed E-state index contributed by atoms with van der Waals surface area (Å²) in [6.45, 7) is 12.1. The summed E-state index contributed by atoms with van der Waals surface area (Å²) in [5, 5.41) is 8.33. The number of rotatable bonds is 6. The Balaban J connectivity index is 2.35. The third kappa shape index (κ3) is 3.80. The molecule has 2 rings (SSSR count). The molecule has 0 unspecified atom stereocenters. The monoisotopic (exact) mass is 334 g/mol. The van der Waals surface area contributed by atoms with Crippen LogP contribution in [-0.2, 0) is 6.42 Å². The smallest absolute Gasteiger partial charge is 0.263 e. The van der Waals surface area contributed by atoms with Gasteiger partial charge in [0.2, 0.25) is 5.13 Å². The van der Waals surface area contributed by atoms with Gasteiger partial charge in [-0.25, -0.2) is 9.67 Å². The molecule has 1 N–H and O–H groups in total. The van der Waals surface area contributed by atoms with E-state index in [0.29, 0.717) is 4.88 Å². The minimum absolute atomic E-state index is 0.0611. The average molecular weight is 334 g/mol. The fourth-order valence-electron chi connectivity index (χ4n) is 2.59. The molecule has 0 aliphatic carbocycles. The van der Waals surface area contributed by atoms with E-state index in [0.717, 1.165) is 35.1 Å². The Hall–Kier alpha value is -1.69. The molecule has 0 bridgehead atoms. The number of amides is 1. The van der Waals surface area contributed by atoms with Crippen LogP contribution in [0.1, 0.15) is 65.9 Å². The van der Waals surface area contributed by atoms with Crippen molar-refractivity contribution in [3.05, 3.63) is 27.5 Å². The zero-order valence-corrected chi connectivity index (χ0v) is 15.7. The van der Waals surface area contributed by atoms with Gasteiger partial charge in [-0.2, -0.15) is 5.10 Å². The number of nitrogens with one attached hydrogen (secondary N) is 1. The normalized spacial score (nSPS) is 11.3. The number of thiazole rings is 1. The number of nitrogens with zero attached hydrogens (tertiary/aromatic N) is 3. The predicted molar refractivity (Wildman–Crippen MR) is 94.7 cm³/mol. The van der Waals surface area contributed by atoms with Crippen molar-refractivity contribution in [2.24, 2.45) is 0 Å². The van der Waals surface area contributed by atoms with Gasteiger partial charge in [0.15, 0.2) is 0 Å². The van der Waals surface area contributed by atoms with E-state index < -0.39 is 0 Å². The molecule has 0 atom stereocenters. The second-order valence-electron chi connectivity index (χ2n) is 6.20. The molecule has 0 fully saturated rings. The van der Waals surface area contributed by atoms with Crippen LogP contribution in [0.5, 0.6) is 0 Å². The lowest BCUT2D eigenvalue weighted by Gasteiger charge is -2.06. The molecule has 126 valence electrons. The first-order chi connectivity index (χ1) is 10.8. The molecule has 5 nitrogen and oxygen atoms in total.